The van der Waals surface area contributed by atoms with Gasteiger partial charge in [-0.25, -0.2) is 9.78 Å². The second-order valence-corrected chi connectivity index (χ2v) is 9.57. The van der Waals surface area contributed by atoms with E-state index in [-0.39, 0.29) is 30.1 Å². The second-order valence-electron chi connectivity index (χ2n) is 8.53. The summed E-state index contributed by atoms with van der Waals surface area (Å²) < 4.78 is 6.70. The molecule has 0 saturated carbocycles. The predicted molar refractivity (Wildman–Crippen MR) is 135 cm³/mol. The number of esters is 1. The van der Waals surface area contributed by atoms with Crippen molar-refractivity contribution in [3.63, 3.8) is 0 Å². The zero-order valence-corrected chi connectivity index (χ0v) is 20.4. The van der Waals surface area contributed by atoms with E-state index in [0.29, 0.717) is 28.7 Å². The van der Waals surface area contributed by atoms with E-state index < -0.39 is 5.97 Å². The summed E-state index contributed by atoms with van der Waals surface area (Å²) in [7, 11) is 0. The molecule has 0 atom stereocenters. The number of para-hydroxylation sites is 1. The van der Waals surface area contributed by atoms with Gasteiger partial charge in [0.15, 0.2) is 0 Å². The number of amides is 1. The quantitative estimate of drug-likeness (QED) is 0.351. The van der Waals surface area contributed by atoms with Gasteiger partial charge >= 0.3 is 5.97 Å². The molecule has 8 nitrogen and oxygen atoms in total. The molecule has 0 bridgehead atoms. The number of rotatable bonds is 9. The molecular formula is C26H26N4O4S. The van der Waals surface area contributed by atoms with E-state index >= 15 is 0 Å². The number of nitrogens with zero attached hydrogens (tertiary/aromatic N) is 3. The highest BCUT2D eigenvalue weighted by atomic mass is 32.1. The van der Waals surface area contributed by atoms with Crippen LogP contribution in [0.4, 0.5) is 5.69 Å². The molecule has 0 spiro atoms. The van der Waals surface area contributed by atoms with E-state index in [1.165, 1.54) is 21.9 Å². The molecule has 0 aliphatic rings. The van der Waals surface area contributed by atoms with Gasteiger partial charge in [-0.1, -0.05) is 67.6 Å². The van der Waals surface area contributed by atoms with E-state index in [9.17, 15) is 14.4 Å². The number of anilines is 1. The van der Waals surface area contributed by atoms with Crippen LogP contribution >= 0.6 is 11.3 Å². The Morgan fingerprint density at radius 1 is 1.09 bits per heavy atom. The largest absolute Gasteiger partial charge is 0.456 e. The molecular weight excluding hydrogens is 464 g/mol. The maximum atomic E-state index is 12.8. The molecule has 4 aromatic rings. The van der Waals surface area contributed by atoms with Gasteiger partial charge in [0.1, 0.15) is 11.6 Å². The zero-order valence-electron chi connectivity index (χ0n) is 19.6. The summed E-state index contributed by atoms with van der Waals surface area (Å²) in [5.41, 5.74) is 1.69. The molecule has 180 valence electrons. The Bertz CT molecular complexity index is 1400. The van der Waals surface area contributed by atoms with Gasteiger partial charge < -0.3 is 10.1 Å². The minimum absolute atomic E-state index is 0.168. The Balaban J connectivity index is 1.41. The maximum Gasteiger partial charge on any atom is 0.340 e. The molecule has 1 amide bonds. The van der Waals surface area contributed by atoms with Crippen LogP contribution in [0.3, 0.4) is 0 Å². The summed E-state index contributed by atoms with van der Waals surface area (Å²) in [5, 5.41) is 7.95. The molecule has 2 aromatic heterocycles. The molecule has 2 aromatic carbocycles. The average Bonchev–Trinajstić information content (AvgIpc) is 3.24. The molecule has 2 heterocycles. The number of fused-ring (bicyclic) bond motifs is 1. The summed E-state index contributed by atoms with van der Waals surface area (Å²) in [6.07, 6.45) is 1.64. The van der Waals surface area contributed by atoms with Gasteiger partial charge in [0, 0.05) is 18.9 Å². The lowest BCUT2D eigenvalue weighted by Crippen LogP contribution is -2.18. The highest BCUT2D eigenvalue weighted by Crippen LogP contribution is 2.19. The minimum Gasteiger partial charge on any atom is -0.456 e. The molecule has 0 aliphatic carbocycles. The molecule has 35 heavy (non-hydrogen) atoms. The molecule has 1 N–H and O–H groups in total. The van der Waals surface area contributed by atoms with E-state index in [4.69, 9.17) is 4.74 Å². The van der Waals surface area contributed by atoms with Crippen molar-refractivity contribution < 1.29 is 14.3 Å². The third-order valence-electron chi connectivity index (χ3n) is 5.18. The van der Waals surface area contributed by atoms with Crippen molar-refractivity contribution >= 4 is 33.9 Å². The third-order valence-corrected chi connectivity index (χ3v) is 6.11. The minimum atomic E-state index is -0.615. The highest BCUT2D eigenvalue weighted by Gasteiger charge is 2.16. The van der Waals surface area contributed by atoms with Crippen LogP contribution in [0.15, 0.2) is 65.5 Å². The van der Waals surface area contributed by atoms with Gasteiger partial charge in [0.25, 0.3) is 5.56 Å². The first-order valence-electron chi connectivity index (χ1n) is 11.4. The highest BCUT2D eigenvalue weighted by molar-refractivity contribution is 7.16. The fourth-order valence-electron chi connectivity index (χ4n) is 3.50. The van der Waals surface area contributed by atoms with E-state index in [2.05, 4.69) is 29.2 Å². The van der Waals surface area contributed by atoms with Crippen LogP contribution in [-0.2, 0) is 29.0 Å². The summed E-state index contributed by atoms with van der Waals surface area (Å²) in [6, 6.07) is 17.7. The van der Waals surface area contributed by atoms with Crippen LogP contribution in [0.1, 0.15) is 46.9 Å². The fraction of sp³-hybridized carbons (Fsp3) is 0.269. The Hall–Kier alpha value is -3.85. The summed E-state index contributed by atoms with van der Waals surface area (Å²) in [4.78, 5) is 42.6. The molecule has 0 aliphatic heterocycles. The number of benzene rings is 2. The summed E-state index contributed by atoms with van der Waals surface area (Å²) >= 11 is 1.35. The second kappa shape index (κ2) is 11.1. The van der Waals surface area contributed by atoms with Gasteiger partial charge in [-0.3, -0.25) is 9.59 Å². The summed E-state index contributed by atoms with van der Waals surface area (Å²) in [6.45, 7) is 3.99. The zero-order chi connectivity index (χ0) is 24.8. The van der Waals surface area contributed by atoms with Crippen molar-refractivity contribution in [1.29, 1.82) is 0 Å². The Labute approximate surface area is 206 Å². The summed E-state index contributed by atoms with van der Waals surface area (Å²) in [5.74, 6) is -0.405. The average molecular weight is 491 g/mol. The standard InChI is InChI=1S/C26H26N4O4S/c1-17(2)14-23-29-30-24(32)15-19(27-26(30)35-23)16-34-25(33)20-10-6-7-11-21(20)28-22(31)13-12-18-8-4-3-5-9-18/h3-11,15,17H,12-14,16H2,1-2H3,(H,28,31). The lowest BCUT2D eigenvalue weighted by Gasteiger charge is -2.11. The van der Waals surface area contributed by atoms with Crippen molar-refractivity contribution in [3.05, 3.63) is 92.8 Å². The van der Waals surface area contributed by atoms with Crippen molar-refractivity contribution in [2.45, 2.75) is 39.7 Å². The molecule has 0 fully saturated rings. The van der Waals surface area contributed by atoms with Crippen molar-refractivity contribution in [2.75, 3.05) is 5.32 Å². The topological polar surface area (TPSA) is 103 Å². The molecule has 0 saturated heterocycles. The smallest absolute Gasteiger partial charge is 0.340 e. The fourth-order valence-corrected chi connectivity index (χ4v) is 4.63. The van der Waals surface area contributed by atoms with Crippen LogP contribution < -0.4 is 10.9 Å². The Morgan fingerprint density at radius 3 is 2.60 bits per heavy atom. The monoisotopic (exact) mass is 490 g/mol. The van der Waals surface area contributed by atoms with Crippen LogP contribution in [-0.4, -0.2) is 26.5 Å². The van der Waals surface area contributed by atoms with Gasteiger partial charge in [-0.2, -0.15) is 9.61 Å². The number of aryl methyl sites for hydroxylation is 1. The van der Waals surface area contributed by atoms with Gasteiger partial charge in [0.2, 0.25) is 10.9 Å². The number of hydrogen-bond acceptors (Lipinski definition) is 7. The number of carbonyl (C=O) groups excluding carboxylic acids is 2. The van der Waals surface area contributed by atoms with Crippen molar-refractivity contribution in [1.82, 2.24) is 14.6 Å². The van der Waals surface area contributed by atoms with Gasteiger partial charge in [-0.05, 0) is 30.0 Å². The lowest BCUT2D eigenvalue weighted by atomic mass is 10.1. The van der Waals surface area contributed by atoms with Crippen LogP contribution in [0.2, 0.25) is 0 Å². The first kappa shape index (κ1) is 24.3. The van der Waals surface area contributed by atoms with Gasteiger partial charge in [-0.15, -0.1) is 0 Å². The van der Waals surface area contributed by atoms with Crippen LogP contribution in [0, 0.1) is 5.92 Å². The molecule has 4 rings (SSSR count). The van der Waals surface area contributed by atoms with Crippen molar-refractivity contribution in [3.8, 4) is 0 Å². The van der Waals surface area contributed by atoms with E-state index in [1.54, 1.807) is 24.3 Å². The maximum absolute atomic E-state index is 12.8. The number of hydrogen-bond donors (Lipinski definition) is 1. The normalized spacial score (nSPS) is 11.1. The Kier molecular flexibility index (Phi) is 7.67. The van der Waals surface area contributed by atoms with Crippen LogP contribution in [0.5, 0.6) is 0 Å². The Morgan fingerprint density at radius 2 is 1.83 bits per heavy atom. The third kappa shape index (κ3) is 6.39. The first-order chi connectivity index (χ1) is 16.9. The van der Waals surface area contributed by atoms with Gasteiger partial charge in [0.05, 0.1) is 16.9 Å². The molecule has 0 radical (unpaired) electrons. The SMILES string of the molecule is CC(C)Cc1nn2c(=O)cc(COC(=O)c3ccccc3NC(=O)CCc3ccccc3)nc2s1. The number of aromatic nitrogens is 3. The van der Waals surface area contributed by atoms with E-state index in [1.807, 2.05) is 30.3 Å². The molecule has 9 heteroatoms. The number of carbonyl (C=O) groups is 2. The predicted octanol–water partition coefficient (Wildman–Crippen LogP) is 4.28. The molecule has 0 unspecified atom stereocenters. The number of nitrogens with one attached hydrogen (secondary N) is 1. The first-order valence-corrected chi connectivity index (χ1v) is 12.2. The van der Waals surface area contributed by atoms with Crippen LogP contribution in [0.25, 0.3) is 4.96 Å². The number of ether oxygens (including phenoxy) is 1. The van der Waals surface area contributed by atoms with E-state index in [0.717, 1.165) is 17.0 Å². The lowest BCUT2D eigenvalue weighted by molar-refractivity contribution is -0.116. The van der Waals surface area contributed by atoms with Crippen molar-refractivity contribution in [2.24, 2.45) is 5.92 Å².